The smallest absolute Gasteiger partial charge is 0.253 e. The van der Waals surface area contributed by atoms with E-state index in [0.29, 0.717) is 42.2 Å². The molecule has 2 aliphatic rings. The zero-order valence-corrected chi connectivity index (χ0v) is 19.6. The average molecular weight is 448 g/mol. The van der Waals surface area contributed by atoms with Gasteiger partial charge in [0.25, 0.3) is 11.5 Å². The Hall–Kier alpha value is -3.15. The highest BCUT2D eigenvalue weighted by Crippen LogP contribution is 2.31. The number of hydrogen-bond acceptors (Lipinski definition) is 4. The molecule has 1 aliphatic heterocycles. The quantitative estimate of drug-likeness (QED) is 0.697. The van der Waals surface area contributed by atoms with Crippen LogP contribution in [-0.2, 0) is 24.2 Å². The average Bonchev–Trinajstić information content (AvgIpc) is 2.79. The Balaban J connectivity index is 1.69. The van der Waals surface area contributed by atoms with Crippen molar-refractivity contribution in [3.63, 3.8) is 0 Å². The van der Waals surface area contributed by atoms with Crippen molar-refractivity contribution in [3.8, 4) is 0 Å². The van der Waals surface area contributed by atoms with Gasteiger partial charge in [-0.1, -0.05) is 18.2 Å². The molecule has 0 saturated heterocycles. The first-order valence-corrected chi connectivity index (χ1v) is 12.0. The molecule has 1 saturated carbocycles. The molecule has 2 heterocycles. The number of hydrogen-bond donors (Lipinski definition) is 2. The maximum absolute atomic E-state index is 13.3. The van der Waals surface area contributed by atoms with E-state index in [1.807, 2.05) is 25.1 Å². The second-order valence-electron chi connectivity index (χ2n) is 9.04. The molecule has 33 heavy (non-hydrogen) atoms. The van der Waals surface area contributed by atoms with Crippen molar-refractivity contribution in [1.29, 1.82) is 0 Å². The van der Waals surface area contributed by atoms with Gasteiger partial charge in [0, 0.05) is 54.5 Å². The van der Waals surface area contributed by atoms with Gasteiger partial charge in [0.1, 0.15) is 5.78 Å². The van der Waals surface area contributed by atoms with Crippen LogP contribution in [0.5, 0.6) is 0 Å². The molecule has 1 aromatic heterocycles. The molecule has 0 bridgehead atoms. The highest BCUT2D eigenvalue weighted by Gasteiger charge is 2.26. The molecule has 0 atom stereocenters. The number of aromatic amines is 1. The summed E-state index contributed by atoms with van der Waals surface area (Å²) in [5, 5.41) is 3.00. The molecular formula is C27H33N3O3. The molecular weight excluding hydrogens is 414 g/mol. The molecule has 2 N–H and O–H groups in total. The maximum atomic E-state index is 13.3. The van der Waals surface area contributed by atoms with Crippen molar-refractivity contribution >= 4 is 17.4 Å². The summed E-state index contributed by atoms with van der Waals surface area (Å²) in [7, 11) is 0. The van der Waals surface area contributed by atoms with Gasteiger partial charge in [0.05, 0.1) is 0 Å². The zero-order valence-electron chi connectivity index (χ0n) is 19.6. The summed E-state index contributed by atoms with van der Waals surface area (Å²) in [4.78, 5) is 42.9. The van der Waals surface area contributed by atoms with Crippen molar-refractivity contribution in [2.24, 2.45) is 0 Å². The minimum Gasteiger partial charge on any atom is -0.369 e. The molecule has 0 radical (unpaired) electrons. The van der Waals surface area contributed by atoms with Gasteiger partial charge in [0.2, 0.25) is 0 Å². The Morgan fingerprint density at radius 1 is 1.03 bits per heavy atom. The predicted molar refractivity (Wildman–Crippen MR) is 131 cm³/mol. The minimum absolute atomic E-state index is 0.135. The molecule has 6 heteroatoms. The van der Waals surface area contributed by atoms with Gasteiger partial charge in [-0.05, 0) is 75.3 Å². The van der Waals surface area contributed by atoms with E-state index in [4.69, 9.17) is 0 Å². The molecule has 1 amide bonds. The van der Waals surface area contributed by atoms with Crippen molar-refractivity contribution < 1.29 is 9.59 Å². The van der Waals surface area contributed by atoms with Crippen LogP contribution in [0.3, 0.4) is 0 Å². The van der Waals surface area contributed by atoms with Crippen LogP contribution in [0, 0.1) is 6.92 Å². The number of H-pyrrole nitrogens is 1. The standard InChI is InChI=1S/C27H33N3O3/c1-3-30(20-12-14-21(31)15-13-20)25-11-7-10-23-22(25)9-6-4-5-8-19-16-18(2)29-27(33)24(19)17-28-26(23)32/h4,6-7,10-11,16,20H,3,5,8-9,12-15,17H2,1-2H3,(H,28,32)(H,29,33). The number of ketones is 1. The molecule has 0 unspecified atom stereocenters. The molecule has 4 rings (SSSR count). The Bertz CT molecular complexity index is 1120. The Labute approximate surface area is 195 Å². The number of amides is 1. The molecule has 2 aromatic rings. The topological polar surface area (TPSA) is 82.3 Å². The van der Waals surface area contributed by atoms with Crippen molar-refractivity contribution in [2.75, 3.05) is 11.4 Å². The number of fused-ring (bicyclic) bond motifs is 2. The predicted octanol–water partition coefficient (Wildman–Crippen LogP) is 4.00. The summed E-state index contributed by atoms with van der Waals surface area (Å²) >= 11 is 0. The van der Waals surface area contributed by atoms with E-state index < -0.39 is 0 Å². The van der Waals surface area contributed by atoms with Crippen LogP contribution >= 0.6 is 0 Å². The van der Waals surface area contributed by atoms with Crippen LogP contribution in [0.2, 0.25) is 0 Å². The second kappa shape index (κ2) is 10.2. The second-order valence-corrected chi connectivity index (χ2v) is 9.04. The fraction of sp³-hybridized carbons (Fsp3) is 0.444. The third kappa shape index (κ3) is 5.10. The van der Waals surface area contributed by atoms with Crippen LogP contribution in [0.1, 0.15) is 71.8 Å². The van der Waals surface area contributed by atoms with Gasteiger partial charge in [-0.15, -0.1) is 0 Å². The van der Waals surface area contributed by atoms with Crippen molar-refractivity contribution in [1.82, 2.24) is 10.3 Å². The van der Waals surface area contributed by atoms with Crippen LogP contribution < -0.4 is 15.8 Å². The van der Waals surface area contributed by atoms with E-state index >= 15 is 0 Å². The van der Waals surface area contributed by atoms with Gasteiger partial charge in [-0.2, -0.15) is 0 Å². The van der Waals surface area contributed by atoms with Gasteiger partial charge >= 0.3 is 0 Å². The van der Waals surface area contributed by atoms with Crippen LogP contribution in [0.4, 0.5) is 5.69 Å². The molecule has 1 aliphatic carbocycles. The molecule has 174 valence electrons. The number of anilines is 1. The number of rotatable bonds is 3. The van der Waals surface area contributed by atoms with Crippen LogP contribution in [-0.4, -0.2) is 29.3 Å². The van der Waals surface area contributed by atoms with Gasteiger partial charge in [-0.3, -0.25) is 14.4 Å². The summed E-state index contributed by atoms with van der Waals surface area (Å²) in [6, 6.07) is 8.20. The number of aryl methyl sites for hydroxylation is 2. The van der Waals surface area contributed by atoms with E-state index in [-0.39, 0.29) is 18.0 Å². The SMILES string of the molecule is CCN(c1cccc2c1CC=CCCc1cc(C)[nH]c(=O)c1CNC2=O)C1CCC(=O)CC1. The minimum atomic E-state index is -0.165. The monoisotopic (exact) mass is 447 g/mol. The summed E-state index contributed by atoms with van der Waals surface area (Å²) in [5.74, 6) is 0.181. The van der Waals surface area contributed by atoms with Crippen LogP contribution in [0.15, 0.2) is 41.2 Å². The number of aromatic nitrogens is 1. The number of pyridine rings is 1. The summed E-state index contributed by atoms with van der Waals surface area (Å²) in [6.07, 6.45) is 9.53. The van der Waals surface area contributed by atoms with Gasteiger partial charge in [-0.25, -0.2) is 0 Å². The zero-order chi connectivity index (χ0) is 23.4. The number of Topliss-reactive ketones (excluding diaryl/α,β-unsaturated/α-hetero) is 1. The van der Waals surface area contributed by atoms with Gasteiger partial charge < -0.3 is 15.2 Å². The number of carbonyl (C=O) groups is 2. The molecule has 1 aromatic carbocycles. The third-order valence-corrected chi connectivity index (χ3v) is 6.86. The third-order valence-electron chi connectivity index (χ3n) is 6.86. The first-order valence-electron chi connectivity index (χ1n) is 12.0. The Morgan fingerprint density at radius 3 is 2.58 bits per heavy atom. The largest absolute Gasteiger partial charge is 0.369 e. The number of carbonyl (C=O) groups excluding carboxylic acids is 2. The van der Waals surface area contributed by atoms with E-state index in [0.717, 1.165) is 54.7 Å². The maximum Gasteiger partial charge on any atom is 0.253 e. The normalized spacial score (nSPS) is 17.4. The highest BCUT2D eigenvalue weighted by molar-refractivity contribution is 5.97. The lowest BCUT2D eigenvalue weighted by atomic mass is 9.91. The van der Waals surface area contributed by atoms with E-state index in [9.17, 15) is 14.4 Å². The molecule has 0 spiro atoms. The van der Waals surface area contributed by atoms with Crippen molar-refractivity contribution in [3.05, 3.63) is 74.7 Å². The van der Waals surface area contributed by atoms with Crippen LogP contribution in [0.25, 0.3) is 0 Å². The van der Waals surface area contributed by atoms with E-state index in [1.165, 1.54) is 0 Å². The fourth-order valence-corrected chi connectivity index (χ4v) is 5.16. The number of nitrogens with one attached hydrogen (secondary N) is 2. The van der Waals surface area contributed by atoms with E-state index in [1.54, 1.807) is 0 Å². The first kappa shape index (κ1) is 23.0. The molecule has 1 fully saturated rings. The van der Waals surface area contributed by atoms with E-state index in [2.05, 4.69) is 40.3 Å². The number of allylic oxidation sites excluding steroid dienone is 2. The van der Waals surface area contributed by atoms with Crippen molar-refractivity contribution in [2.45, 2.75) is 71.4 Å². The fourth-order valence-electron chi connectivity index (χ4n) is 5.16. The summed E-state index contributed by atoms with van der Waals surface area (Å²) < 4.78 is 0. The summed E-state index contributed by atoms with van der Waals surface area (Å²) in [5.41, 5.74) is 5.03. The number of benzene rings is 1. The highest BCUT2D eigenvalue weighted by atomic mass is 16.2. The Morgan fingerprint density at radius 2 is 1.82 bits per heavy atom. The first-order chi connectivity index (χ1) is 16.0. The molecule has 6 nitrogen and oxygen atoms in total. The van der Waals surface area contributed by atoms with Gasteiger partial charge in [0.15, 0.2) is 0 Å². The lowest BCUT2D eigenvalue weighted by molar-refractivity contribution is -0.120. The lowest BCUT2D eigenvalue weighted by Crippen LogP contribution is -2.39. The number of nitrogens with zero attached hydrogens (tertiary/aromatic N) is 1. The lowest BCUT2D eigenvalue weighted by Gasteiger charge is -2.36. The summed E-state index contributed by atoms with van der Waals surface area (Å²) in [6.45, 7) is 5.04. The Kier molecular flexibility index (Phi) is 7.11.